The molecule has 0 unspecified atom stereocenters. The molecule has 4 rings (SSSR count). The summed E-state index contributed by atoms with van der Waals surface area (Å²) in [7, 11) is 0. The van der Waals surface area contributed by atoms with Crippen LogP contribution in [0.1, 0.15) is 27.9 Å². The first kappa shape index (κ1) is 21.4. The Bertz CT molecular complexity index is 1290. The Kier molecular flexibility index (Phi) is 6.00. The highest BCUT2D eigenvalue weighted by Crippen LogP contribution is 2.32. The number of amides is 2. The maximum absolute atomic E-state index is 12.8. The monoisotopic (exact) mass is 472 g/mol. The van der Waals surface area contributed by atoms with Crippen LogP contribution < -0.4 is 10.6 Å². The molecular weight excluding hydrogens is 455 g/mol. The van der Waals surface area contributed by atoms with Gasteiger partial charge in [0.15, 0.2) is 0 Å². The van der Waals surface area contributed by atoms with Crippen LogP contribution in [0.4, 0.5) is 11.4 Å². The molecule has 158 valence electrons. The lowest BCUT2D eigenvalue weighted by atomic mass is 10.2. The first-order chi connectivity index (χ1) is 14.8. The normalized spacial score (nSPS) is 11.0. The second-order valence-corrected chi connectivity index (χ2v) is 8.83. The number of nitrogens with zero attached hydrogens (tertiary/aromatic N) is 2. The number of fused-ring (bicyclic) bond motifs is 1. The van der Waals surface area contributed by atoms with Crippen LogP contribution in [0.15, 0.2) is 48.5 Å². The Hall–Kier alpha value is -2.87. The summed E-state index contributed by atoms with van der Waals surface area (Å²) in [6.45, 7) is 3.74. The van der Waals surface area contributed by atoms with E-state index in [4.69, 9.17) is 23.2 Å². The summed E-state index contributed by atoms with van der Waals surface area (Å²) in [5.41, 5.74) is 2.81. The number of carbonyl (C=O) groups is 2. The standard InChI is InChI=1S/C22H18Cl2N4O2S/c1-12-16-10-20(21(30)26-15-6-3-5-14(9-15)25-13(2)29)31-22(16)28(27-12)11-17-18(23)7-4-8-19(17)24/h3-10H,11H2,1-2H3,(H,25,29)(H,26,30). The van der Waals surface area contributed by atoms with E-state index in [1.807, 2.05) is 17.7 Å². The van der Waals surface area contributed by atoms with Gasteiger partial charge < -0.3 is 10.6 Å². The molecule has 2 heterocycles. The lowest BCUT2D eigenvalue weighted by Crippen LogP contribution is -2.11. The van der Waals surface area contributed by atoms with Crippen LogP contribution in [0.2, 0.25) is 10.0 Å². The Balaban J connectivity index is 1.60. The van der Waals surface area contributed by atoms with E-state index in [1.54, 1.807) is 42.5 Å². The highest BCUT2D eigenvalue weighted by Gasteiger charge is 2.18. The third-order valence-corrected chi connectivity index (χ3v) is 6.50. The van der Waals surface area contributed by atoms with Gasteiger partial charge in [-0.25, -0.2) is 4.68 Å². The molecule has 0 fully saturated rings. The summed E-state index contributed by atoms with van der Waals surface area (Å²) >= 11 is 14.0. The van der Waals surface area contributed by atoms with Gasteiger partial charge in [-0.2, -0.15) is 5.10 Å². The summed E-state index contributed by atoms with van der Waals surface area (Å²) in [6.07, 6.45) is 0. The number of carbonyl (C=O) groups excluding carboxylic acids is 2. The average molecular weight is 473 g/mol. The molecule has 2 amide bonds. The maximum Gasteiger partial charge on any atom is 0.265 e. The van der Waals surface area contributed by atoms with E-state index < -0.39 is 0 Å². The minimum atomic E-state index is -0.233. The van der Waals surface area contributed by atoms with E-state index in [2.05, 4.69) is 15.7 Å². The zero-order valence-electron chi connectivity index (χ0n) is 16.7. The maximum atomic E-state index is 12.8. The van der Waals surface area contributed by atoms with E-state index in [1.165, 1.54) is 18.3 Å². The van der Waals surface area contributed by atoms with E-state index in [9.17, 15) is 9.59 Å². The summed E-state index contributed by atoms with van der Waals surface area (Å²) in [6, 6.07) is 14.2. The zero-order chi connectivity index (χ0) is 22.1. The van der Waals surface area contributed by atoms with Crippen LogP contribution in [-0.4, -0.2) is 21.6 Å². The number of nitrogens with one attached hydrogen (secondary N) is 2. The molecule has 0 spiro atoms. The molecule has 0 saturated carbocycles. The summed E-state index contributed by atoms with van der Waals surface area (Å²) < 4.78 is 1.82. The van der Waals surface area contributed by atoms with Crippen molar-refractivity contribution in [2.75, 3.05) is 10.6 Å². The second kappa shape index (κ2) is 8.70. The van der Waals surface area contributed by atoms with Crippen molar-refractivity contribution in [3.8, 4) is 0 Å². The fourth-order valence-corrected chi connectivity index (χ4v) is 4.81. The van der Waals surface area contributed by atoms with Gasteiger partial charge >= 0.3 is 0 Å². The third-order valence-electron chi connectivity index (χ3n) is 4.64. The molecule has 2 aromatic heterocycles. The van der Waals surface area contributed by atoms with Gasteiger partial charge in [0.25, 0.3) is 5.91 Å². The molecule has 9 heteroatoms. The van der Waals surface area contributed by atoms with E-state index in [0.717, 1.165) is 21.5 Å². The van der Waals surface area contributed by atoms with Crippen molar-refractivity contribution in [3.63, 3.8) is 0 Å². The summed E-state index contributed by atoms with van der Waals surface area (Å²) in [5, 5.41) is 12.2. The number of benzene rings is 2. The predicted molar refractivity (Wildman–Crippen MR) is 127 cm³/mol. The first-order valence-corrected chi connectivity index (χ1v) is 11.0. The highest BCUT2D eigenvalue weighted by atomic mass is 35.5. The minimum absolute atomic E-state index is 0.174. The minimum Gasteiger partial charge on any atom is -0.326 e. The van der Waals surface area contributed by atoms with Crippen LogP contribution in [0.3, 0.4) is 0 Å². The zero-order valence-corrected chi connectivity index (χ0v) is 19.0. The molecule has 2 aromatic carbocycles. The number of hydrogen-bond donors (Lipinski definition) is 2. The van der Waals surface area contributed by atoms with Gasteiger partial charge in [-0.3, -0.25) is 9.59 Å². The topological polar surface area (TPSA) is 76.0 Å². The number of anilines is 2. The number of halogens is 2. The van der Waals surface area contributed by atoms with Crippen LogP contribution in [0.25, 0.3) is 10.2 Å². The van der Waals surface area contributed by atoms with Crippen LogP contribution >= 0.6 is 34.5 Å². The van der Waals surface area contributed by atoms with Crippen molar-refractivity contribution in [2.45, 2.75) is 20.4 Å². The molecule has 2 N–H and O–H groups in total. The summed E-state index contributed by atoms with van der Waals surface area (Å²) in [4.78, 5) is 25.5. The van der Waals surface area contributed by atoms with Gasteiger partial charge in [0, 0.05) is 39.3 Å². The molecule has 0 aliphatic heterocycles. The molecule has 0 aliphatic carbocycles. The number of hydrogen-bond acceptors (Lipinski definition) is 4. The molecule has 31 heavy (non-hydrogen) atoms. The van der Waals surface area contributed by atoms with Crippen LogP contribution in [0.5, 0.6) is 0 Å². The van der Waals surface area contributed by atoms with Crippen molar-refractivity contribution in [1.82, 2.24) is 9.78 Å². The fourth-order valence-electron chi connectivity index (χ4n) is 3.24. The van der Waals surface area contributed by atoms with E-state index in [-0.39, 0.29) is 11.8 Å². The SMILES string of the molecule is CC(=O)Nc1cccc(NC(=O)c2cc3c(C)nn(Cc4c(Cl)cccc4Cl)c3s2)c1. The molecule has 0 atom stereocenters. The predicted octanol–water partition coefficient (Wildman–Crippen LogP) is 5.97. The Morgan fingerprint density at radius 1 is 1.03 bits per heavy atom. The first-order valence-electron chi connectivity index (χ1n) is 9.40. The van der Waals surface area contributed by atoms with E-state index >= 15 is 0 Å². The molecule has 4 aromatic rings. The molecule has 6 nitrogen and oxygen atoms in total. The smallest absolute Gasteiger partial charge is 0.265 e. The van der Waals surface area contributed by atoms with Crippen molar-refractivity contribution >= 4 is 67.9 Å². The van der Waals surface area contributed by atoms with Gasteiger partial charge in [0.05, 0.1) is 17.1 Å². The van der Waals surface area contributed by atoms with Gasteiger partial charge in [0.1, 0.15) is 4.83 Å². The Morgan fingerprint density at radius 2 is 1.68 bits per heavy atom. The molecule has 0 radical (unpaired) electrons. The third kappa shape index (κ3) is 4.58. The molecule has 0 bridgehead atoms. The Morgan fingerprint density at radius 3 is 2.35 bits per heavy atom. The average Bonchev–Trinajstić information content (AvgIpc) is 3.26. The van der Waals surface area contributed by atoms with Gasteiger partial charge in [0.2, 0.25) is 5.91 Å². The van der Waals surface area contributed by atoms with E-state index in [0.29, 0.717) is 32.8 Å². The van der Waals surface area contributed by atoms with Gasteiger partial charge in [-0.1, -0.05) is 35.3 Å². The molecule has 0 aliphatic rings. The van der Waals surface area contributed by atoms with Crippen molar-refractivity contribution < 1.29 is 9.59 Å². The fraction of sp³-hybridized carbons (Fsp3) is 0.136. The summed E-state index contributed by atoms with van der Waals surface area (Å²) in [5.74, 6) is -0.408. The lowest BCUT2D eigenvalue weighted by Gasteiger charge is -2.08. The molecule has 0 saturated heterocycles. The Labute approximate surface area is 192 Å². The van der Waals surface area contributed by atoms with Crippen LogP contribution in [0, 0.1) is 6.92 Å². The lowest BCUT2D eigenvalue weighted by molar-refractivity contribution is -0.114. The van der Waals surface area contributed by atoms with Gasteiger partial charge in [-0.15, -0.1) is 11.3 Å². The van der Waals surface area contributed by atoms with Crippen molar-refractivity contribution in [3.05, 3.63) is 74.7 Å². The number of rotatable bonds is 5. The second-order valence-electron chi connectivity index (χ2n) is 6.99. The quantitative estimate of drug-likeness (QED) is 0.375. The number of thiophene rings is 1. The largest absolute Gasteiger partial charge is 0.326 e. The molecular formula is C22H18Cl2N4O2S. The van der Waals surface area contributed by atoms with Crippen molar-refractivity contribution in [1.29, 1.82) is 0 Å². The number of aromatic nitrogens is 2. The number of aryl methyl sites for hydroxylation is 1. The van der Waals surface area contributed by atoms with Gasteiger partial charge in [-0.05, 0) is 43.3 Å². The van der Waals surface area contributed by atoms with Crippen molar-refractivity contribution in [2.24, 2.45) is 0 Å². The highest BCUT2D eigenvalue weighted by molar-refractivity contribution is 7.20. The van der Waals surface area contributed by atoms with Crippen LogP contribution in [-0.2, 0) is 11.3 Å².